The Morgan fingerprint density at radius 1 is 1.15 bits per heavy atom. The van der Waals surface area contributed by atoms with Crippen molar-refractivity contribution in [3.05, 3.63) is 23.9 Å². The smallest absolute Gasteiger partial charge is 0.191 e. The predicted molar refractivity (Wildman–Crippen MR) is 122 cm³/mol. The van der Waals surface area contributed by atoms with Gasteiger partial charge in [-0.3, -0.25) is 4.99 Å². The number of aromatic nitrogens is 1. The average molecular weight is 474 g/mol. The van der Waals surface area contributed by atoms with E-state index in [4.69, 9.17) is 0 Å². The molecule has 6 nitrogen and oxygen atoms in total. The van der Waals surface area contributed by atoms with Crippen LogP contribution in [0.5, 0.6) is 0 Å². The molecule has 0 aliphatic carbocycles. The zero-order valence-electron chi connectivity index (χ0n) is 16.7. The maximum absolute atomic E-state index is 4.64. The van der Waals surface area contributed by atoms with Gasteiger partial charge in [0.05, 0.1) is 0 Å². The summed E-state index contributed by atoms with van der Waals surface area (Å²) < 4.78 is 0. The normalized spacial score (nSPS) is 15.7. The van der Waals surface area contributed by atoms with Crippen LogP contribution in [-0.2, 0) is 6.54 Å². The first-order chi connectivity index (χ1) is 12.2. The highest BCUT2D eigenvalue weighted by atomic mass is 127. The van der Waals surface area contributed by atoms with Gasteiger partial charge in [-0.15, -0.1) is 24.0 Å². The molecule has 2 rings (SSSR count). The van der Waals surface area contributed by atoms with Crippen LogP contribution < -0.4 is 15.5 Å². The Morgan fingerprint density at radius 3 is 2.38 bits per heavy atom. The van der Waals surface area contributed by atoms with E-state index in [-0.39, 0.29) is 24.0 Å². The van der Waals surface area contributed by atoms with Gasteiger partial charge >= 0.3 is 0 Å². The number of nitrogens with zero attached hydrogens (tertiary/aromatic N) is 4. The number of rotatable bonds is 7. The molecule has 0 radical (unpaired) electrons. The third kappa shape index (κ3) is 7.26. The Balaban J connectivity index is 0.00000338. The summed E-state index contributed by atoms with van der Waals surface area (Å²) in [5.74, 6) is 2.63. The van der Waals surface area contributed by atoms with Crippen LogP contribution in [0.4, 0.5) is 5.82 Å². The highest BCUT2D eigenvalue weighted by Crippen LogP contribution is 2.13. The van der Waals surface area contributed by atoms with E-state index < -0.39 is 0 Å². The van der Waals surface area contributed by atoms with Crippen molar-refractivity contribution in [3.8, 4) is 0 Å². The molecule has 1 aromatic rings. The summed E-state index contributed by atoms with van der Waals surface area (Å²) in [7, 11) is 3.99. The fourth-order valence-corrected chi connectivity index (χ4v) is 2.97. The Kier molecular flexibility index (Phi) is 10.9. The summed E-state index contributed by atoms with van der Waals surface area (Å²) >= 11 is 0. The molecule has 1 aromatic heterocycles. The maximum Gasteiger partial charge on any atom is 0.191 e. The summed E-state index contributed by atoms with van der Waals surface area (Å²) in [5, 5.41) is 6.79. The summed E-state index contributed by atoms with van der Waals surface area (Å²) in [5.41, 5.74) is 1.17. The topological polar surface area (TPSA) is 55.8 Å². The fourth-order valence-electron chi connectivity index (χ4n) is 2.97. The highest BCUT2D eigenvalue weighted by molar-refractivity contribution is 14.0. The van der Waals surface area contributed by atoms with Crippen molar-refractivity contribution in [2.45, 2.75) is 33.2 Å². The number of hydrogen-bond donors (Lipinski definition) is 2. The van der Waals surface area contributed by atoms with E-state index >= 15 is 0 Å². The average Bonchev–Trinajstić information content (AvgIpc) is 2.66. The lowest BCUT2D eigenvalue weighted by atomic mass is 10.0. The first kappa shape index (κ1) is 23.0. The molecule has 1 saturated heterocycles. The molecule has 148 valence electrons. The lowest BCUT2D eigenvalue weighted by molar-refractivity contribution is 0.312. The number of hydrogen-bond acceptors (Lipinski definition) is 4. The molecule has 1 fully saturated rings. The van der Waals surface area contributed by atoms with Gasteiger partial charge in [0.25, 0.3) is 0 Å². The van der Waals surface area contributed by atoms with Gasteiger partial charge in [0.2, 0.25) is 0 Å². The third-order valence-corrected chi connectivity index (χ3v) is 5.03. The molecule has 0 atom stereocenters. The van der Waals surface area contributed by atoms with E-state index in [0.29, 0.717) is 5.92 Å². The van der Waals surface area contributed by atoms with Crippen LogP contribution in [0.1, 0.15) is 32.3 Å². The van der Waals surface area contributed by atoms with Crippen molar-refractivity contribution in [3.63, 3.8) is 0 Å². The van der Waals surface area contributed by atoms with Gasteiger partial charge in [-0.25, -0.2) is 4.98 Å². The Labute approximate surface area is 175 Å². The van der Waals surface area contributed by atoms with Gasteiger partial charge in [-0.05, 0) is 24.6 Å². The summed E-state index contributed by atoms with van der Waals surface area (Å²) in [6.45, 7) is 10.5. The molecule has 1 aliphatic heterocycles. The zero-order chi connectivity index (χ0) is 18.1. The van der Waals surface area contributed by atoms with Crippen molar-refractivity contribution < 1.29 is 0 Å². The van der Waals surface area contributed by atoms with E-state index in [1.807, 2.05) is 13.2 Å². The minimum Gasteiger partial charge on any atom is -0.356 e. The SMILES string of the molecule is CCC(CC)CNC(=NC)NCc1ccc(N2CCN(C)CC2)nc1.I. The lowest BCUT2D eigenvalue weighted by Gasteiger charge is -2.33. The highest BCUT2D eigenvalue weighted by Gasteiger charge is 2.14. The standard InChI is InChI=1S/C19H34N6.HI/c1-5-16(6-2)13-22-19(20-3)23-15-17-7-8-18(21-14-17)25-11-9-24(4)10-12-25;/h7-8,14,16H,5-6,9-13,15H2,1-4H3,(H2,20,22,23);1H. The minimum absolute atomic E-state index is 0. The molecule has 0 amide bonds. The number of pyridine rings is 1. The van der Waals surface area contributed by atoms with Crippen LogP contribution in [0.3, 0.4) is 0 Å². The second-order valence-electron chi connectivity index (χ2n) is 6.80. The van der Waals surface area contributed by atoms with Crippen LogP contribution in [-0.4, -0.2) is 62.7 Å². The molecule has 7 heteroatoms. The maximum atomic E-state index is 4.64. The monoisotopic (exact) mass is 474 g/mol. The number of piperazine rings is 1. The van der Waals surface area contributed by atoms with Crippen LogP contribution in [0.15, 0.2) is 23.3 Å². The number of nitrogens with one attached hydrogen (secondary N) is 2. The van der Waals surface area contributed by atoms with E-state index in [1.165, 1.54) is 18.4 Å². The largest absolute Gasteiger partial charge is 0.356 e. The number of halogens is 1. The van der Waals surface area contributed by atoms with E-state index in [9.17, 15) is 0 Å². The second-order valence-corrected chi connectivity index (χ2v) is 6.80. The summed E-state index contributed by atoms with van der Waals surface area (Å²) in [4.78, 5) is 13.7. The van der Waals surface area contributed by atoms with Gasteiger partial charge in [0.1, 0.15) is 5.82 Å². The van der Waals surface area contributed by atoms with Gasteiger partial charge < -0.3 is 20.4 Å². The number of likely N-dealkylation sites (N-methyl/N-ethyl adjacent to an activating group) is 1. The molecule has 2 heterocycles. The molecule has 0 aromatic carbocycles. The first-order valence-corrected chi connectivity index (χ1v) is 9.49. The van der Waals surface area contributed by atoms with Gasteiger partial charge in [-0.1, -0.05) is 32.8 Å². The predicted octanol–water partition coefficient (Wildman–Crippen LogP) is 2.55. The second kappa shape index (κ2) is 12.3. The third-order valence-electron chi connectivity index (χ3n) is 5.03. The van der Waals surface area contributed by atoms with E-state index in [0.717, 1.165) is 51.0 Å². The van der Waals surface area contributed by atoms with Crippen molar-refractivity contribution >= 4 is 35.8 Å². The minimum atomic E-state index is 0. The van der Waals surface area contributed by atoms with Crippen molar-refractivity contribution in [1.82, 2.24) is 20.5 Å². The molecule has 0 unspecified atom stereocenters. The van der Waals surface area contributed by atoms with Crippen LogP contribution in [0.2, 0.25) is 0 Å². The molecular weight excluding hydrogens is 439 g/mol. The quantitative estimate of drug-likeness (QED) is 0.362. The summed E-state index contributed by atoms with van der Waals surface area (Å²) in [6.07, 6.45) is 4.35. The van der Waals surface area contributed by atoms with E-state index in [1.54, 1.807) is 0 Å². The molecule has 2 N–H and O–H groups in total. The fraction of sp³-hybridized carbons (Fsp3) is 0.684. The Morgan fingerprint density at radius 2 is 1.85 bits per heavy atom. The lowest BCUT2D eigenvalue weighted by Crippen LogP contribution is -2.44. The van der Waals surface area contributed by atoms with Gasteiger partial charge in [0.15, 0.2) is 5.96 Å². The summed E-state index contributed by atoms with van der Waals surface area (Å²) in [6, 6.07) is 4.28. The van der Waals surface area contributed by atoms with Crippen LogP contribution in [0, 0.1) is 5.92 Å². The Bertz CT molecular complexity index is 521. The number of anilines is 1. The molecule has 0 bridgehead atoms. The van der Waals surface area contributed by atoms with Gasteiger partial charge in [-0.2, -0.15) is 0 Å². The Hall–Kier alpha value is -1.09. The molecule has 26 heavy (non-hydrogen) atoms. The number of guanidine groups is 1. The van der Waals surface area contributed by atoms with Crippen molar-refractivity contribution in [2.75, 3.05) is 51.7 Å². The van der Waals surface area contributed by atoms with Crippen LogP contribution in [0.25, 0.3) is 0 Å². The number of aliphatic imine (C=N–C) groups is 1. The molecule has 0 spiro atoms. The molecule has 1 aliphatic rings. The molecule has 0 saturated carbocycles. The molecular formula is C19H35IN6. The zero-order valence-corrected chi connectivity index (χ0v) is 19.0. The van der Waals surface area contributed by atoms with Gasteiger partial charge in [0, 0.05) is 52.5 Å². The van der Waals surface area contributed by atoms with Crippen molar-refractivity contribution in [1.29, 1.82) is 0 Å². The first-order valence-electron chi connectivity index (χ1n) is 9.49. The van der Waals surface area contributed by atoms with Crippen molar-refractivity contribution in [2.24, 2.45) is 10.9 Å². The van der Waals surface area contributed by atoms with Crippen LogP contribution >= 0.6 is 24.0 Å². The van der Waals surface area contributed by atoms with E-state index in [2.05, 4.69) is 63.4 Å².